The summed E-state index contributed by atoms with van der Waals surface area (Å²) in [7, 11) is 0. The van der Waals surface area contributed by atoms with Gasteiger partial charge in [0.05, 0.1) is 12.1 Å². The molecule has 2 amide bonds. The van der Waals surface area contributed by atoms with Crippen molar-refractivity contribution in [3.05, 3.63) is 120 Å². The summed E-state index contributed by atoms with van der Waals surface area (Å²) < 4.78 is 11.6. The van der Waals surface area contributed by atoms with Crippen LogP contribution in [0.2, 0.25) is 0 Å². The fourth-order valence-corrected chi connectivity index (χ4v) is 6.36. The van der Waals surface area contributed by atoms with Crippen LogP contribution in [0.1, 0.15) is 62.9 Å². The van der Waals surface area contributed by atoms with E-state index in [-0.39, 0.29) is 25.4 Å². The Bertz CT molecular complexity index is 1450. The molecule has 0 spiro atoms. The molecule has 0 aliphatic carbocycles. The van der Waals surface area contributed by atoms with Crippen LogP contribution in [-0.4, -0.2) is 51.1 Å². The summed E-state index contributed by atoms with van der Waals surface area (Å²) >= 11 is 0. The van der Waals surface area contributed by atoms with Crippen molar-refractivity contribution in [2.45, 2.75) is 69.3 Å². The molecule has 2 saturated heterocycles. The molecule has 42 heavy (non-hydrogen) atoms. The largest absolute Gasteiger partial charge is 0.458 e. The molecule has 7 nitrogen and oxygen atoms in total. The van der Waals surface area contributed by atoms with E-state index >= 15 is 0 Å². The van der Waals surface area contributed by atoms with Gasteiger partial charge in [-0.2, -0.15) is 0 Å². The van der Waals surface area contributed by atoms with Crippen LogP contribution in [0, 0.1) is 0 Å². The second-order valence-corrected chi connectivity index (χ2v) is 12.2. The zero-order chi connectivity index (χ0) is 30.1. The minimum atomic E-state index is -1.42. The van der Waals surface area contributed by atoms with Crippen molar-refractivity contribution in [3.63, 3.8) is 0 Å². The summed E-state index contributed by atoms with van der Waals surface area (Å²) in [6.45, 7) is 11.3. The number of hydrogen-bond donors (Lipinski definition) is 0. The number of carbonyl (C=O) groups is 3. The van der Waals surface area contributed by atoms with Gasteiger partial charge in [0.1, 0.15) is 23.3 Å². The van der Waals surface area contributed by atoms with Crippen molar-refractivity contribution in [1.29, 1.82) is 0 Å². The van der Waals surface area contributed by atoms with E-state index in [1.54, 1.807) is 22.8 Å². The van der Waals surface area contributed by atoms with E-state index < -0.39 is 40.8 Å². The van der Waals surface area contributed by atoms with Crippen molar-refractivity contribution in [3.8, 4) is 0 Å². The Balaban J connectivity index is 1.69. The van der Waals surface area contributed by atoms with E-state index in [0.29, 0.717) is 0 Å². The Hall–Kier alpha value is -4.39. The number of benzene rings is 3. The van der Waals surface area contributed by atoms with Gasteiger partial charge in [-0.3, -0.25) is 9.69 Å². The summed E-state index contributed by atoms with van der Waals surface area (Å²) in [6, 6.07) is 27.6. The molecule has 4 atom stereocenters. The maximum absolute atomic E-state index is 14.8. The zero-order valence-corrected chi connectivity index (χ0v) is 24.7. The third kappa shape index (κ3) is 4.97. The average Bonchev–Trinajstić information content (AvgIpc) is 3.37. The van der Waals surface area contributed by atoms with Gasteiger partial charge >= 0.3 is 12.1 Å². The third-order valence-corrected chi connectivity index (χ3v) is 8.18. The van der Waals surface area contributed by atoms with Gasteiger partial charge in [0.2, 0.25) is 0 Å². The molecule has 0 bridgehead atoms. The molecule has 3 aromatic rings. The molecule has 2 aliphatic rings. The van der Waals surface area contributed by atoms with Crippen LogP contribution >= 0.6 is 0 Å². The Labute approximate surface area is 247 Å². The van der Waals surface area contributed by atoms with Crippen LogP contribution in [0.5, 0.6) is 0 Å². The van der Waals surface area contributed by atoms with Gasteiger partial charge in [-0.15, -0.1) is 6.58 Å². The van der Waals surface area contributed by atoms with Crippen molar-refractivity contribution in [2.24, 2.45) is 0 Å². The maximum atomic E-state index is 14.8. The molecule has 0 aromatic heterocycles. The number of cyclic esters (lactones) is 1. The van der Waals surface area contributed by atoms with E-state index in [4.69, 9.17) is 9.47 Å². The number of amides is 2. The van der Waals surface area contributed by atoms with E-state index in [1.165, 1.54) is 0 Å². The number of hydrogen-bond acceptors (Lipinski definition) is 5. The average molecular weight is 567 g/mol. The number of ether oxygens (including phenoxy) is 2. The van der Waals surface area contributed by atoms with Crippen LogP contribution in [0.15, 0.2) is 104 Å². The van der Waals surface area contributed by atoms with Crippen molar-refractivity contribution >= 4 is 18.0 Å². The summed E-state index contributed by atoms with van der Waals surface area (Å²) in [5.74, 6) is -0.863. The minimum absolute atomic E-state index is 0.126. The molecule has 2 aliphatic heterocycles. The summed E-state index contributed by atoms with van der Waals surface area (Å²) in [5, 5.41) is 0. The van der Waals surface area contributed by atoms with Crippen LogP contribution in [0.3, 0.4) is 0 Å². The van der Waals surface area contributed by atoms with Gasteiger partial charge < -0.3 is 14.4 Å². The Morgan fingerprint density at radius 2 is 1.50 bits per heavy atom. The maximum Gasteiger partial charge on any atom is 0.411 e. The predicted molar refractivity (Wildman–Crippen MR) is 160 cm³/mol. The molecule has 0 radical (unpaired) electrons. The smallest absolute Gasteiger partial charge is 0.411 e. The molecule has 0 unspecified atom stereocenters. The highest BCUT2D eigenvalue weighted by Gasteiger charge is 2.71. The standard InChI is InChI=1S/C35H38N2O5/c1-6-22-35(31(39)42-33(2,3)4,23-25-16-10-7-11-17-25)37-29(27-20-14-9-15-21-27)34(5,30(37)38)36-28(24-41-32(36)40)26-18-12-8-13-19-26/h6-21,28-29H,1,22-24H2,2-5H3/t28-,29-,34+,35-/m1/s1. The number of carbonyl (C=O) groups excluding carboxylic acids is 3. The number of nitrogens with zero attached hydrogens (tertiary/aromatic N) is 2. The first-order chi connectivity index (χ1) is 20.0. The molecule has 7 heteroatoms. The number of β-lactam (4-membered cyclic amide) rings is 1. The lowest BCUT2D eigenvalue weighted by molar-refractivity contribution is -0.203. The van der Waals surface area contributed by atoms with E-state index in [1.807, 2.05) is 112 Å². The highest BCUT2D eigenvalue weighted by molar-refractivity contribution is 6.01. The zero-order valence-electron chi connectivity index (χ0n) is 24.7. The molecule has 2 heterocycles. The number of rotatable bonds is 9. The second-order valence-electron chi connectivity index (χ2n) is 12.2. The molecule has 2 fully saturated rings. The first-order valence-corrected chi connectivity index (χ1v) is 14.3. The number of esters is 1. The lowest BCUT2D eigenvalue weighted by Crippen LogP contribution is -2.80. The van der Waals surface area contributed by atoms with Gasteiger partial charge in [-0.25, -0.2) is 9.59 Å². The molecular weight excluding hydrogens is 528 g/mol. The van der Waals surface area contributed by atoms with Crippen molar-refractivity contribution < 1.29 is 23.9 Å². The van der Waals surface area contributed by atoms with Crippen LogP contribution in [-0.2, 0) is 25.5 Å². The normalized spacial score (nSPS) is 23.5. The lowest BCUT2D eigenvalue weighted by atomic mass is 9.68. The number of likely N-dealkylation sites (tertiary alicyclic amines) is 1. The SMILES string of the molecule is C=CC[C@@](Cc1ccccc1)(C(=O)OC(C)(C)C)N1C(=O)[C@@](C)(N2C(=O)OC[C@@H]2c2ccccc2)[C@H]1c1ccccc1. The monoisotopic (exact) mass is 566 g/mol. The second kappa shape index (κ2) is 11.1. The lowest BCUT2D eigenvalue weighted by Gasteiger charge is -2.63. The van der Waals surface area contributed by atoms with Crippen LogP contribution in [0.4, 0.5) is 4.79 Å². The first-order valence-electron chi connectivity index (χ1n) is 14.3. The topological polar surface area (TPSA) is 76.2 Å². The Morgan fingerprint density at radius 1 is 0.952 bits per heavy atom. The third-order valence-electron chi connectivity index (χ3n) is 8.18. The van der Waals surface area contributed by atoms with Crippen molar-refractivity contribution in [2.75, 3.05) is 6.61 Å². The quantitative estimate of drug-likeness (QED) is 0.170. The Kier molecular flexibility index (Phi) is 7.71. The van der Waals surface area contributed by atoms with Crippen molar-refractivity contribution in [1.82, 2.24) is 9.80 Å². The van der Waals surface area contributed by atoms with E-state index in [9.17, 15) is 14.4 Å². The van der Waals surface area contributed by atoms with E-state index in [2.05, 4.69) is 6.58 Å². The highest BCUT2D eigenvalue weighted by atomic mass is 16.6. The van der Waals surface area contributed by atoms with Gasteiger partial charge in [-0.1, -0.05) is 97.1 Å². The highest BCUT2D eigenvalue weighted by Crippen LogP contribution is 2.55. The Morgan fingerprint density at radius 3 is 2.05 bits per heavy atom. The first kappa shape index (κ1) is 29.1. The fraction of sp³-hybridized carbons (Fsp3) is 0.343. The van der Waals surface area contributed by atoms with Gasteiger partial charge in [0.15, 0.2) is 0 Å². The molecule has 0 saturated carbocycles. The predicted octanol–water partition coefficient (Wildman–Crippen LogP) is 6.42. The molecule has 5 rings (SSSR count). The summed E-state index contributed by atoms with van der Waals surface area (Å²) in [4.78, 5) is 45.8. The van der Waals surface area contributed by atoms with Gasteiger partial charge in [-0.05, 0) is 50.8 Å². The van der Waals surface area contributed by atoms with Gasteiger partial charge in [0, 0.05) is 6.42 Å². The molecule has 3 aromatic carbocycles. The van der Waals surface area contributed by atoms with Crippen LogP contribution < -0.4 is 0 Å². The van der Waals surface area contributed by atoms with Gasteiger partial charge in [0.25, 0.3) is 5.91 Å². The summed E-state index contributed by atoms with van der Waals surface area (Å²) in [5.41, 5.74) is -0.995. The van der Waals surface area contributed by atoms with E-state index in [0.717, 1.165) is 16.7 Å². The molecular formula is C35H38N2O5. The molecule has 0 N–H and O–H groups in total. The molecule has 218 valence electrons. The van der Waals surface area contributed by atoms with Crippen LogP contribution in [0.25, 0.3) is 0 Å². The minimum Gasteiger partial charge on any atom is -0.458 e. The fourth-order valence-electron chi connectivity index (χ4n) is 6.36. The summed E-state index contributed by atoms with van der Waals surface area (Å²) in [6.07, 6.45) is 1.48.